The van der Waals surface area contributed by atoms with Crippen LogP contribution in [0.25, 0.3) is 0 Å². The number of anilines is 1. The van der Waals surface area contributed by atoms with Crippen LogP contribution in [0.3, 0.4) is 0 Å². The Labute approximate surface area is 129 Å². The topological polar surface area (TPSA) is 38.5 Å². The van der Waals surface area contributed by atoms with Gasteiger partial charge in [0.15, 0.2) is 0 Å². The van der Waals surface area contributed by atoms with E-state index in [1.807, 2.05) is 13.0 Å². The third-order valence-corrected chi connectivity index (χ3v) is 4.68. The fourth-order valence-corrected chi connectivity index (χ4v) is 3.77. The zero-order chi connectivity index (χ0) is 15.4. The van der Waals surface area contributed by atoms with Crippen LogP contribution in [-0.2, 0) is 6.42 Å². The van der Waals surface area contributed by atoms with E-state index in [0.29, 0.717) is 24.7 Å². The van der Waals surface area contributed by atoms with Crippen molar-refractivity contribution in [2.24, 2.45) is 0 Å². The predicted octanol–water partition coefficient (Wildman–Crippen LogP) is 3.86. The lowest BCUT2D eigenvalue weighted by atomic mass is 9.93. The quantitative estimate of drug-likeness (QED) is 0.837. The Balaban J connectivity index is 2.04. The predicted molar refractivity (Wildman–Crippen MR) is 89.8 cm³/mol. The van der Waals surface area contributed by atoms with Gasteiger partial charge in [0.05, 0.1) is 12.3 Å². The van der Waals surface area contributed by atoms with Crippen LogP contribution in [0.15, 0.2) is 18.2 Å². The van der Waals surface area contributed by atoms with Crippen molar-refractivity contribution < 1.29 is 4.74 Å². The normalized spacial score (nSPS) is 24.8. The Bertz CT molecular complexity index is 451. The van der Waals surface area contributed by atoms with Crippen molar-refractivity contribution in [1.29, 1.82) is 0 Å². The minimum absolute atomic E-state index is 0.549. The van der Waals surface area contributed by atoms with Gasteiger partial charge in [-0.15, -0.1) is 0 Å². The van der Waals surface area contributed by atoms with Crippen molar-refractivity contribution in [3.05, 3.63) is 23.8 Å². The molecule has 0 radical (unpaired) electrons. The number of nitrogens with zero attached hydrogens (tertiary/aromatic N) is 1. The van der Waals surface area contributed by atoms with Gasteiger partial charge in [-0.25, -0.2) is 0 Å². The van der Waals surface area contributed by atoms with Crippen LogP contribution in [0.1, 0.15) is 52.5 Å². The van der Waals surface area contributed by atoms with E-state index >= 15 is 0 Å². The van der Waals surface area contributed by atoms with Gasteiger partial charge in [-0.05, 0) is 64.7 Å². The van der Waals surface area contributed by atoms with E-state index in [1.54, 1.807) is 0 Å². The summed E-state index contributed by atoms with van der Waals surface area (Å²) >= 11 is 0. The minimum Gasteiger partial charge on any atom is -0.492 e. The van der Waals surface area contributed by atoms with Gasteiger partial charge in [-0.1, -0.05) is 12.5 Å². The summed E-state index contributed by atoms with van der Waals surface area (Å²) in [7, 11) is 0. The van der Waals surface area contributed by atoms with E-state index in [1.165, 1.54) is 24.8 Å². The molecular formula is C18H30N2O. The van der Waals surface area contributed by atoms with Gasteiger partial charge in [-0.2, -0.15) is 0 Å². The molecule has 3 atom stereocenters. The van der Waals surface area contributed by atoms with Crippen LogP contribution in [0.2, 0.25) is 0 Å². The lowest BCUT2D eigenvalue weighted by molar-refractivity contribution is 0.0628. The molecule has 3 unspecified atom stereocenters. The summed E-state index contributed by atoms with van der Waals surface area (Å²) in [6.07, 6.45) is 5.05. The van der Waals surface area contributed by atoms with Crippen LogP contribution in [0.4, 0.5) is 5.69 Å². The maximum atomic E-state index is 6.08. The molecule has 1 fully saturated rings. The van der Waals surface area contributed by atoms with Gasteiger partial charge < -0.3 is 10.5 Å². The fourth-order valence-electron chi connectivity index (χ4n) is 3.77. The molecule has 0 spiro atoms. The molecule has 0 aliphatic carbocycles. The first-order chi connectivity index (χ1) is 10.0. The summed E-state index contributed by atoms with van der Waals surface area (Å²) < 4.78 is 5.51. The Hall–Kier alpha value is -1.22. The van der Waals surface area contributed by atoms with Gasteiger partial charge >= 0.3 is 0 Å². The summed E-state index contributed by atoms with van der Waals surface area (Å²) in [5, 5.41) is 0. The SMILES string of the molecule is CCOc1ccc(CC(C)N2C(C)CCCC2C)cc1N. The highest BCUT2D eigenvalue weighted by Gasteiger charge is 2.28. The lowest BCUT2D eigenvalue weighted by Crippen LogP contribution is -2.49. The van der Waals surface area contributed by atoms with Gasteiger partial charge in [0.1, 0.15) is 5.75 Å². The second kappa shape index (κ2) is 7.17. The lowest BCUT2D eigenvalue weighted by Gasteiger charge is -2.43. The number of nitrogen functional groups attached to an aromatic ring is 1. The van der Waals surface area contributed by atoms with Gasteiger partial charge in [0, 0.05) is 18.1 Å². The number of hydrogen-bond acceptors (Lipinski definition) is 3. The number of nitrogens with two attached hydrogens (primary N) is 1. The molecule has 3 nitrogen and oxygen atoms in total. The van der Waals surface area contributed by atoms with Crippen molar-refractivity contribution >= 4 is 5.69 Å². The van der Waals surface area contributed by atoms with E-state index in [-0.39, 0.29) is 0 Å². The largest absolute Gasteiger partial charge is 0.492 e. The van der Waals surface area contributed by atoms with Crippen LogP contribution in [0.5, 0.6) is 5.75 Å². The second-order valence-corrected chi connectivity index (χ2v) is 6.43. The van der Waals surface area contributed by atoms with Crippen molar-refractivity contribution in [3.63, 3.8) is 0 Å². The highest BCUT2D eigenvalue weighted by molar-refractivity contribution is 5.54. The molecule has 2 rings (SSSR count). The van der Waals surface area contributed by atoms with Crippen molar-refractivity contribution in [2.45, 2.75) is 71.5 Å². The smallest absolute Gasteiger partial charge is 0.142 e. The molecule has 3 heteroatoms. The van der Waals surface area contributed by atoms with Crippen LogP contribution in [-0.4, -0.2) is 29.6 Å². The molecule has 1 aromatic rings. The van der Waals surface area contributed by atoms with E-state index in [2.05, 4.69) is 37.8 Å². The monoisotopic (exact) mass is 290 g/mol. The molecule has 0 aromatic heterocycles. The highest BCUT2D eigenvalue weighted by atomic mass is 16.5. The molecule has 1 heterocycles. The molecule has 21 heavy (non-hydrogen) atoms. The number of benzene rings is 1. The fraction of sp³-hybridized carbons (Fsp3) is 0.667. The Morgan fingerprint density at radius 1 is 1.29 bits per heavy atom. The summed E-state index contributed by atoms with van der Waals surface area (Å²) in [6, 6.07) is 8.14. The van der Waals surface area contributed by atoms with E-state index in [9.17, 15) is 0 Å². The Morgan fingerprint density at radius 2 is 1.95 bits per heavy atom. The minimum atomic E-state index is 0.549. The standard InChI is InChI=1S/C18H30N2O/c1-5-21-18-10-9-16(12-17(18)19)11-15(4)20-13(2)7-6-8-14(20)3/h9-10,12-15H,5-8,11,19H2,1-4H3. The number of likely N-dealkylation sites (tertiary alicyclic amines) is 1. The molecular weight excluding hydrogens is 260 g/mol. The zero-order valence-corrected chi connectivity index (χ0v) is 13.9. The van der Waals surface area contributed by atoms with Crippen LogP contribution >= 0.6 is 0 Å². The Kier molecular flexibility index (Phi) is 5.51. The van der Waals surface area contributed by atoms with Crippen molar-refractivity contribution in [3.8, 4) is 5.75 Å². The summed E-state index contributed by atoms with van der Waals surface area (Å²) in [5.74, 6) is 0.800. The number of piperidine rings is 1. The maximum absolute atomic E-state index is 6.08. The molecule has 2 N–H and O–H groups in total. The average molecular weight is 290 g/mol. The van der Waals surface area contributed by atoms with E-state index < -0.39 is 0 Å². The van der Waals surface area contributed by atoms with Crippen molar-refractivity contribution in [1.82, 2.24) is 4.90 Å². The first-order valence-electron chi connectivity index (χ1n) is 8.31. The third-order valence-electron chi connectivity index (χ3n) is 4.68. The van der Waals surface area contributed by atoms with E-state index in [4.69, 9.17) is 10.5 Å². The second-order valence-electron chi connectivity index (χ2n) is 6.43. The van der Waals surface area contributed by atoms with Crippen molar-refractivity contribution in [2.75, 3.05) is 12.3 Å². The number of hydrogen-bond donors (Lipinski definition) is 1. The molecule has 1 aromatic carbocycles. The van der Waals surface area contributed by atoms with Crippen LogP contribution < -0.4 is 10.5 Å². The summed E-state index contributed by atoms with van der Waals surface area (Å²) in [5.41, 5.74) is 8.13. The first-order valence-corrected chi connectivity index (χ1v) is 8.31. The molecule has 0 saturated carbocycles. The number of rotatable bonds is 5. The third kappa shape index (κ3) is 3.91. The maximum Gasteiger partial charge on any atom is 0.142 e. The molecule has 0 amide bonds. The first kappa shape index (κ1) is 16.2. The summed E-state index contributed by atoms with van der Waals surface area (Å²) in [4.78, 5) is 2.68. The van der Waals surface area contributed by atoms with Crippen LogP contribution in [0, 0.1) is 0 Å². The summed E-state index contributed by atoms with van der Waals surface area (Å²) in [6.45, 7) is 9.69. The molecule has 118 valence electrons. The average Bonchev–Trinajstić information content (AvgIpc) is 2.42. The number of ether oxygens (including phenoxy) is 1. The van der Waals surface area contributed by atoms with Gasteiger partial charge in [0.2, 0.25) is 0 Å². The highest BCUT2D eigenvalue weighted by Crippen LogP contribution is 2.28. The zero-order valence-electron chi connectivity index (χ0n) is 13.9. The van der Waals surface area contributed by atoms with E-state index in [0.717, 1.165) is 17.9 Å². The van der Waals surface area contributed by atoms with Gasteiger partial charge in [0.25, 0.3) is 0 Å². The Morgan fingerprint density at radius 3 is 2.52 bits per heavy atom. The molecule has 0 bridgehead atoms. The van der Waals surface area contributed by atoms with Gasteiger partial charge in [-0.3, -0.25) is 4.90 Å². The molecule has 1 saturated heterocycles. The molecule has 1 aliphatic rings. The molecule has 1 aliphatic heterocycles.